The van der Waals surface area contributed by atoms with E-state index in [9.17, 15) is 14.4 Å². The van der Waals surface area contributed by atoms with Gasteiger partial charge in [-0.3, -0.25) is 9.69 Å². The molecule has 2 aliphatic heterocycles. The van der Waals surface area contributed by atoms with E-state index in [1.54, 1.807) is 18.7 Å². The van der Waals surface area contributed by atoms with E-state index in [4.69, 9.17) is 4.74 Å². The molecule has 1 fully saturated rings. The maximum Gasteiger partial charge on any atom is 0.338 e. The number of ether oxygens (including phenoxy) is 1. The summed E-state index contributed by atoms with van der Waals surface area (Å²) in [6, 6.07) is 6.98. The average molecular weight is 415 g/mol. The highest BCUT2D eigenvalue weighted by molar-refractivity contribution is 5.95. The summed E-state index contributed by atoms with van der Waals surface area (Å²) in [5.74, 6) is -0.376. The molecule has 1 aromatic rings. The minimum atomic E-state index is -0.572. The van der Waals surface area contributed by atoms with Gasteiger partial charge in [-0.05, 0) is 24.5 Å². The highest BCUT2D eigenvalue weighted by Crippen LogP contribution is 2.28. The first-order chi connectivity index (χ1) is 14.4. The normalized spacial score (nSPS) is 19.9. The van der Waals surface area contributed by atoms with E-state index >= 15 is 0 Å². The molecule has 0 radical (unpaired) electrons. The molecular formula is C22H30N4O4. The van der Waals surface area contributed by atoms with Crippen molar-refractivity contribution in [1.29, 1.82) is 0 Å². The van der Waals surface area contributed by atoms with Crippen molar-refractivity contribution in [2.45, 2.75) is 33.2 Å². The molecule has 8 heteroatoms. The molecule has 2 aliphatic rings. The van der Waals surface area contributed by atoms with Crippen LogP contribution in [0.5, 0.6) is 0 Å². The summed E-state index contributed by atoms with van der Waals surface area (Å²) >= 11 is 0. The molecule has 8 nitrogen and oxygen atoms in total. The van der Waals surface area contributed by atoms with Crippen LogP contribution >= 0.6 is 0 Å². The zero-order valence-electron chi connectivity index (χ0n) is 17.9. The van der Waals surface area contributed by atoms with Crippen LogP contribution in [0.1, 0.15) is 37.9 Å². The third-order valence-electron chi connectivity index (χ3n) is 5.57. The van der Waals surface area contributed by atoms with Gasteiger partial charge in [0, 0.05) is 45.3 Å². The number of urea groups is 1. The van der Waals surface area contributed by atoms with Gasteiger partial charge in [0.1, 0.15) is 0 Å². The molecule has 0 saturated carbocycles. The van der Waals surface area contributed by atoms with Crippen LogP contribution in [0, 0.1) is 0 Å². The summed E-state index contributed by atoms with van der Waals surface area (Å²) in [5, 5.41) is 5.68. The van der Waals surface area contributed by atoms with E-state index in [0.29, 0.717) is 44.0 Å². The van der Waals surface area contributed by atoms with E-state index in [-0.39, 0.29) is 18.5 Å². The number of nitrogens with one attached hydrogen (secondary N) is 2. The van der Waals surface area contributed by atoms with E-state index in [2.05, 4.69) is 22.5 Å². The molecule has 2 heterocycles. The van der Waals surface area contributed by atoms with Crippen molar-refractivity contribution in [3.05, 3.63) is 46.7 Å². The van der Waals surface area contributed by atoms with Gasteiger partial charge in [-0.1, -0.05) is 31.2 Å². The molecule has 3 rings (SSSR count). The first-order valence-electron chi connectivity index (χ1n) is 10.5. The number of nitrogens with zero attached hydrogens (tertiary/aromatic N) is 2. The van der Waals surface area contributed by atoms with Gasteiger partial charge in [0.05, 0.1) is 18.2 Å². The van der Waals surface area contributed by atoms with Gasteiger partial charge in [0.2, 0.25) is 5.91 Å². The number of hydrogen-bond donors (Lipinski definition) is 2. The average Bonchev–Trinajstić information content (AvgIpc) is 2.74. The molecular weight excluding hydrogens is 384 g/mol. The van der Waals surface area contributed by atoms with Crippen LogP contribution in [-0.4, -0.2) is 67.0 Å². The predicted molar refractivity (Wildman–Crippen MR) is 113 cm³/mol. The summed E-state index contributed by atoms with van der Waals surface area (Å²) in [4.78, 5) is 40.8. The van der Waals surface area contributed by atoms with Crippen molar-refractivity contribution in [3.8, 4) is 0 Å². The monoisotopic (exact) mass is 414 g/mol. The van der Waals surface area contributed by atoms with E-state index < -0.39 is 12.0 Å². The third kappa shape index (κ3) is 4.99. The smallest absolute Gasteiger partial charge is 0.338 e. The Balaban J connectivity index is 1.89. The number of carbonyl (C=O) groups is 3. The lowest BCUT2D eigenvalue weighted by molar-refractivity contribution is -0.139. The molecule has 0 bridgehead atoms. The van der Waals surface area contributed by atoms with Gasteiger partial charge in [-0.2, -0.15) is 0 Å². The first-order valence-corrected chi connectivity index (χ1v) is 10.5. The van der Waals surface area contributed by atoms with Crippen molar-refractivity contribution in [1.82, 2.24) is 20.4 Å². The number of benzene rings is 1. The second kappa shape index (κ2) is 9.75. The highest BCUT2D eigenvalue weighted by Gasteiger charge is 2.34. The fourth-order valence-corrected chi connectivity index (χ4v) is 3.83. The molecule has 3 amide bonds. The molecule has 0 spiro atoms. The van der Waals surface area contributed by atoms with E-state index in [0.717, 1.165) is 12.0 Å². The van der Waals surface area contributed by atoms with Crippen molar-refractivity contribution in [2.24, 2.45) is 0 Å². The lowest BCUT2D eigenvalue weighted by Crippen LogP contribution is -2.52. The van der Waals surface area contributed by atoms with Gasteiger partial charge in [-0.15, -0.1) is 0 Å². The van der Waals surface area contributed by atoms with Crippen LogP contribution in [-0.2, 0) is 20.7 Å². The van der Waals surface area contributed by atoms with Crippen LogP contribution in [0.3, 0.4) is 0 Å². The van der Waals surface area contributed by atoms with Crippen LogP contribution in [0.15, 0.2) is 35.5 Å². The Kier molecular flexibility index (Phi) is 7.10. The number of hydrogen-bond acceptors (Lipinski definition) is 5. The lowest BCUT2D eigenvalue weighted by atomic mass is 9.94. The van der Waals surface area contributed by atoms with E-state index in [1.165, 1.54) is 5.56 Å². The van der Waals surface area contributed by atoms with Crippen LogP contribution in [0.25, 0.3) is 0 Å². The first kappa shape index (κ1) is 21.8. The van der Waals surface area contributed by atoms with Gasteiger partial charge in [0.25, 0.3) is 0 Å². The molecule has 1 saturated heterocycles. The molecule has 1 atom stereocenters. The Labute approximate surface area is 177 Å². The van der Waals surface area contributed by atoms with Crippen molar-refractivity contribution >= 4 is 17.9 Å². The lowest BCUT2D eigenvalue weighted by Gasteiger charge is -2.36. The van der Waals surface area contributed by atoms with Crippen LogP contribution < -0.4 is 10.6 Å². The molecule has 1 aromatic carbocycles. The quantitative estimate of drug-likeness (QED) is 0.690. The third-order valence-corrected chi connectivity index (χ3v) is 5.57. The number of amides is 3. The van der Waals surface area contributed by atoms with Crippen LogP contribution in [0.4, 0.5) is 4.79 Å². The zero-order chi connectivity index (χ0) is 21.7. The number of aryl methyl sites for hydroxylation is 1. The summed E-state index contributed by atoms with van der Waals surface area (Å²) < 4.78 is 5.32. The Morgan fingerprint density at radius 2 is 1.77 bits per heavy atom. The number of rotatable bonds is 6. The maximum absolute atomic E-state index is 12.9. The Hall–Kier alpha value is -2.87. The second-order valence-electron chi connectivity index (χ2n) is 7.52. The minimum Gasteiger partial charge on any atom is -0.463 e. The van der Waals surface area contributed by atoms with Gasteiger partial charge >= 0.3 is 12.0 Å². The maximum atomic E-state index is 12.9. The number of esters is 1. The summed E-state index contributed by atoms with van der Waals surface area (Å²) in [6.07, 6.45) is 0.914. The number of carbonyl (C=O) groups excluding carboxylic acids is 3. The van der Waals surface area contributed by atoms with Crippen molar-refractivity contribution in [2.75, 3.05) is 39.3 Å². The molecule has 0 aromatic heterocycles. The SMILES string of the molecule is CCOC(=O)C1=C(CN2CCN(C(C)=O)CC2)NC(=O)NC1c1ccc(CC)cc1. The van der Waals surface area contributed by atoms with Crippen LogP contribution in [0.2, 0.25) is 0 Å². The standard InChI is InChI=1S/C22H30N4O4/c1-4-16-6-8-17(9-7-16)20-19(21(28)30-5-2)18(23-22(29)24-20)14-25-10-12-26(13-11-25)15(3)27/h6-9,20H,4-5,10-14H2,1-3H3,(H2,23,24,29). The molecule has 30 heavy (non-hydrogen) atoms. The Morgan fingerprint density at radius 1 is 1.10 bits per heavy atom. The summed E-state index contributed by atoms with van der Waals surface area (Å²) in [7, 11) is 0. The fraction of sp³-hybridized carbons (Fsp3) is 0.500. The van der Waals surface area contributed by atoms with E-state index in [1.807, 2.05) is 24.3 Å². The Morgan fingerprint density at radius 3 is 2.33 bits per heavy atom. The van der Waals surface area contributed by atoms with Gasteiger partial charge in [0.15, 0.2) is 0 Å². The Bertz CT molecular complexity index is 826. The predicted octanol–water partition coefficient (Wildman–Crippen LogP) is 1.58. The minimum absolute atomic E-state index is 0.0619. The highest BCUT2D eigenvalue weighted by atomic mass is 16.5. The summed E-state index contributed by atoms with van der Waals surface area (Å²) in [5.41, 5.74) is 3.00. The molecule has 1 unspecified atom stereocenters. The molecule has 0 aliphatic carbocycles. The van der Waals surface area contributed by atoms with Crippen molar-refractivity contribution in [3.63, 3.8) is 0 Å². The molecule has 162 valence electrons. The second-order valence-corrected chi connectivity index (χ2v) is 7.52. The summed E-state index contributed by atoms with van der Waals surface area (Å²) in [6.45, 7) is 8.69. The van der Waals surface area contributed by atoms with Gasteiger partial charge in [-0.25, -0.2) is 9.59 Å². The number of piperazine rings is 1. The topological polar surface area (TPSA) is 91.0 Å². The zero-order valence-corrected chi connectivity index (χ0v) is 17.9. The van der Waals surface area contributed by atoms with Gasteiger partial charge < -0.3 is 20.3 Å². The molecule has 2 N–H and O–H groups in total. The largest absolute Gasteiger partial charge is 0.463 e. The van der Waals surface area contributed by atoms with Crippen molar-refractivity contribution < 1.29 is 19.1 Å². The fourth-order valence-electron chi connectivity index (χ4n) is 3.83.